The fourth-order valence-electron chi connectivity index (χ4n) is 4.49. The fraction of sp³-hybridized carbons (Fsp3) is 0.870. The largest absolute Gasteiger partial charge is 0.378 e. The molecule has 0 saturated carbocycles. The number of nitrogens with zero attached hydrogens (tertiary/aromatic N) is 3. The minimum Gasteiger partial charge on any atom is -0.378 e. The average molecular weight is 436 g/mol. The zero-order valence-electron chi connectivity index (χ0n) is 20.0. The molecule has 8 nitrogen and oxygen atoms in total. The zero-order valence-corrected chi connectivity index (χ0v) is 20.0. The SMILES string of the molecule is CCC(CC)N1CCC(C#N)(NC(=O)C(CC(C)(C)C)NC(=O)N2CCOCC2)CC1. The lowest BCUT2D eigenvalue weighted by Gasteiger charge is -2.41. The second kappa shape index (κ2) is 11.1. The van der Waals surface area contributed by atoms with E-state index in [1.54, 1.807) is 4.90 Å². The first-order valence-electron chi connectivity index (χ1n) is 11.7. The standard InChI is InChI=1S/C23H41N5O3/c1-6-18(7-2)27-10-8-23(17-24,9-11-27)26-20(29)19(16-22(3,4)5)25-21(30)28-12-14-31-15-13-28/h18-19H,6-16H2,1-5H3,(H,25,30)(H,26,29). The molecule has 2 N–H and O–H groups in total. The molecule has 2 heterocycles. The van der Waals surface area contributed by atoms with Gasteiger partial charge in [0.05, 0.1) is 19.3 Å². The van der Waals surface area contributed by atoms with E-state index in [2.05, 4.69) is 35.5 Å². The number of carbonyl (C=O) groups excluding carboxylic acids is 2. The van der Waals surface area contributed by atoms with Crippen molar-refractivity contribution in [2.45, 2.75) is 84.3 Å². The molecule has 2 aliphatic rings. The van der Waals surface area contributed by atoms with Gasteiger partial charge in [0.25, 0.3) is 0 Å². The summed E-state index contributed by atoms with van der Waals surface area (Å²) in [6, 6.07) is 1.97. The Morgan fingerprint density at radius 3 is 2.16 bits per heavy atom. The van der Waals surface area contributed by atoms with Crippen molar-refractivity contribution < 1.29 is 14.3 Å². The molecule has 2 aliphatic heterocycles. The highest BCUT2D eigenvalue weighted by atomic mass is 16.5. The Hall–Kier alpha value is -1.85. The summed E-state index contributed by atoms with van der Waals surface area (Å²) in [5.74, 6) is -0.269. The highest BCUT2D eigenvalue weighted by Crippen LogP contribution is 2.26. The van der Waals surface area contributed by atoms with Crippen LogP contribution in [0.15, 0.2) is 0 Å². The number of hydrogen-bond acceptors (Lipinski definition) is 5. The second-order valence-corrected chi connectivity index (χ2v) is 10.1. The Balaban J connectivity index is 2.05. The molecule has 0 radical (unpaired) electrons. The highest BCUT2D eigenvalue weighted by Gasteiger charge is 2.40. The Labute approximate surface area is 187 Å². The number of ether oxygens (including phenoxy) is 1. The van der Waals surface area contributed by atoms with E-state index in [9.17, 15) is 14.9 Å². The maximum atomic E-state index is 13.3. The number of rotatable bonds is 7. The van der Waals surface area contributed by atoms with Crippen molar-refractivity contribution in [3.8, 4) is 6.07 Å². The molecule has 3 amide bonds. The molecule has 0 aromatic carbocycles. The van der Waals surface area contributed by atoms with E-state index in [1.165, 1.54) is 0 Å². The molecule has 8 heteroatoms. The number of morpholine rings is 1. The van der Waals surface area contributed by atoms with Gasteiger partial charge >= 0.3 is 6.03 Å². The molecule has 2 rings (SSSR count). The van der Waals surface area contributed by atoms with Crippen LogP contribution in [0.1, 0.15) is 66.7 Å². The zero-order chi connectivity index (χ0) is 23.1. The lowest BCUT2D eigenvalue weighted by Crippen LogP contribution is -2.61. The summed E-state index contributed by atoms with van der Waals surface area (Å²) in [6.45, 7) is 14.2. The molecular weight excluding hydrogens is 394 g/mol. The van der Waals surface area contributed by atoms with Crippen LogP contribution in [0.4, 0.5) is 4.79 Å². The Kier molecular flexibility index (Phi) is 9.14. The average Bonchev–Trinajstić information content (AvgIpc) is 2.75. The van der Waals surface area contributed by atoms with E-state index >= 15 is 0 Å². The van der Waals surface area contributed by atoms with Gasteiger partial charge in [-0.1, -0.05) is 34.6 Å². The van der Waals surface area contributed by atoms with Gasteiger partial charge in [-0.15, -0.1) is 0 Å². The van der Waals surface area contributed by atoms with Gasteiger partial charge in [0, 0.05) is 32.2 Å². The molecule has 0 bridgehead atoms. The number of piperidine rings is 1. The number of hydrogen-bond donors (Lipinski definition) is 2. The predicted octanol–water partition coefficient (Wildman–Crippen LogP) is 2.50. The molecule has 2 fully saturated rings. The van der Waals surface area contributed by atoms with Gasteiger partial charge in [-0.3, -0.25) is 4.79 Å². The predicted molar refractivity (Wildman–Crippen MR) is 120 cm³/mol. The first-order valence-corrected chi connectivity index (χ1v) is 11.7. The molecule has 0 aliphatic carbocycles. The lowest BCUT2D eigenvalue weighted by molar-refractivity contribution is -0.125. The summed E-state index contributed by atoms with van der Waals surface area (Å²) < 4.78 is 5.31. The smallest absolute Gasteiger partial charge is 0.318 e. The van der Waals surface area contributed by atoms with E-state index in [0.717, 1.165) is 25.9 Å². The number of nitriles is 1. The van der Waals surface area contributed by atoms with Crippen molar-refractivity contribution in [1.82, 2.24) is 20.4 Å². The highest BCUT2D eigenvalue weighted by molar-refractivity contribution is 5.88. The summed E-state index contributed by atoms with van der Waals surface area (Å²) in [6.07, 6.45) is 3.88. The van der Waals surface area contributed by atoms with Gasteiger partial charge in [-0.25, -0.2) is 4.79 Å². The van der Waals surface area contributed by atoms with E-state index in [-0.39, 0.29) is 17.4 Å². The Morgan fingerprint density at radius 2 is 1.68 bits per heavy atom. The van der Waals surface area contributed by atoms with Crippen LogP contribution < -0.4 is 10.6 Å². The molecule has 0 aromatic rings. The molecule has 1 atom stereocenters. The van der Waals surface area contributed by atoms with Crippen LogP contribution in [0, 0.1) is 16.7 Å². The molecule has 0 spiro atoms. The van der Waals surface area contributed by atoms with E-state index in [0.29, 0.717) is 51.6 Å². The summed E-state index contributed by atoms with van der Waals surface area (Å²) in [5.41, 5.74) is -1.03. The minimum absolute atomic E-state index is 0.154. The molecule has 2 saturated heterocycles. The van der Waals surface area contributed by atoms with Gasteiger partial charge in [0.2, 0.25) is 5.91 Å². The van der Waals surface area contributed by atoms with Crippen molar-refractivity contribution >= 4 is 11.9 Å². The van der Waals surface area contributed by atoms with Crippen molar-refractivity contribution in [1.29, 1.82) is 5.26 Å². The maximum absolute atomic E-state index is 13.3. The summed E-state index contributed by atoms with van der Waals surface area (Å²) in [7, 11) is 0. The number of carbonyl (C=O) groups is 2. The number of amides is 3. The van der Waals surface area contributed by atoms with Crippen LogP contribution in [-0.2, 0) is 9.53 Å². The van der Waals surface area contributed by atoms with E-state index in [4.69, 9.17) is 4.74 Å². The number of nitrogens with one attached hydrogen (secondary N) is 2. The summed E-state index contributed by atoms with van der Waals surface area (Å²) in [4.78, 5) is 30.1. The molecule has 0 aromatic heterocycles. The minimum atomic E-state index is -0.876. The summed E-state index contributed by atoms with van der Waals surface area (Å²) in [5, 5.41) is 15.9. The first-order chi connectivity index (χ1) is 14.6. The van der Waals surface area contributed by atoms with Gasteiger partial charge < -0.3 is 25.2 Å². The molecule has 31 heavy (non-hydrogen) atoms. The Bertz CT molecular complexity index is 637. The molecular formula is C23H41N5O3. The topological polar surface area (TPSA) is 97.7 Å². The van der Waals surface area contributed by atoms with Crippen molar-refractivity contribution in [3.63, 3.8) is 0 Å². The van der Waals surface area contributed by atoms with Crippen LogP contribution in [0.3, 0.4) is 0 Å². The monoisotopic (exact) mass is 435 g/mol. The lowest BCUT2D eigenvalue weighted by atomic mass is 9.85. The van der Waals surface area contributed by atoms with Crippen molar-refractivity contribution in [2.75, 3.05) is 39.4 Å². The van der Waals surface area contributed by atoms with E-state index in [1.807, 2.05) is 20.8 Å². The third-order valence-corrected chi connectivity index (χ3v) is 6.42. The maximum Gasteiger partial charge on any atom is 0.318 e. The van der Waals surface area contributed by atoms with Crippen LogP contribution in [0.25, 0.3) is 0 Å². The normalized spacial score (nSPS) is 20.7. The number of urea groups is 1. The molecule has 176 valence electrons. The van der Waals surface area contributed by atoms with Crippen LogP contribution in [0.2, 0.25) is 0 Å². The van der Waals surface area contributed by atoms with Gasteiger partial charge in [-0.2, -0.15) is 5.26 Å². The first kappa shape index (κ1) is 25.4. The fourth-order valence-corrected chi connectivity index (χ4v) is 4.49. The van der Waals surface area contributed by atoms with Gasteiger partial charge in [0.15, 0.2) is 0 Å². The second-order valence-electron chi connectivity index (χ2n) is 10.1. The van der Waals surface area contributed by atoms with Crippen molar-refractivity contribution in [2.24, 2.45) is 5.41 Å². The third-order valence-electron chi connectivity index (χ3n) is 6.42. The van der Waals surface area contributed by atoms with Gasteiger partial charge in [-0.05, 0) is 37.5 Å². The summed E-state index contributed by atoms with van der Waals surface area (Å²) >= 11 is 0. The van der Waals surface area contributed by atoms with Crippen LogP contribution >= 0.6 is 0 Å². The van der Waals surface area contributed by atoms with Crippen molar-refractivity contribution in [3.05, 3.63) is 0 Å². The number of likely N-dealkylation sites (tertiary alicyclic amines) is 1. The third kappa shape index (κ3) is 7.36. The Morgan fingerprint density at radius 1 is 1.10 bits per heavy atom. The van der Waals surface area contributed by atoms with Gasteiger partial charge in [0.1, 0.15) is 11.6 Å². The molecule has 1 unspecified atom stereocenters. The van der Waals surface area contributed by atoms with E-state index < -0.39 is 11.6 Å². The van der Waals surface area contributed by atoms with Crippen LogP contribution in [0.5, 0.6) is 0 Å². The van der Waals surface area contributed by atoms with Crippen LogP contribution in [-0.4, -0.2) is 78.8 Å². The quantitative estimate of drug-likeness (QED) is 0.640.